The number of rotatable bonds is 6. The predicted molar refractivity (Wildman–Crippen MR) is 100 cm³/mol. The minimum absolute atomic E-state index is 0.0777. The summed E-state index contributed by atoms with van der Waals surface area (Å²) in [4.78, 5) is 17.6. The van der Waals surface area contributed by atoms with Gasteiger partial charge in [-0.25, -0.2) is 4.98 Å². The minimum atomic E-state index is -0.385. The molecule has 0 unspecified atom stereocenters. The van der Waals surface area contributed by atoms with Crippen LogP contribution >= 0.6 is 0 Å². The lowest BCUT2D eigenvalue weighted by Gasteiger charge is -2.18. The Bertz CT molecular complexity index is 904. The van der Waals surface area contributed by atoms with Crippen molar-refractivity contribution in [3.05, 3.63) is 70.3 Å². The third-order valence-electron chi connectivity index (χ3n) is 4.41. The molecule has 3 rings (SSSR count). The maximum absolute atomic E-state index is 11.0. The second kappa shape index (κ2) is 7.40. The summed E-state index contributed by atoms with van der Waals surface area (Å²) in [5.41, 5.74) is 3.73. The van der Waals surface area contributed by atoms with Gasteiger partial charge in [0.15, 0.2) is 0 Å². The second-order valence-electron chi connectivity index (χ2n) is 5.99. The standard InChI is InChI=1S/C20H21N3O2/c1-3-22(4-2)14-15-8-10-19-17(12-15)9-11-20(21-19)16-6-5-7-18(13-16)23(24)25/h5-13H,3-4,14H2,1-2H3. The lowest BCUT2D eigenvalue weighted by Crippen LogP contribution is -2.21. The zero-order valence-corrected chi connectivity index (χ0v) is 14.5. The SMILES string of the molecule is CCN(CC)Cc1ccc2nc(-c3cccc([N+](=O)[O-])c3)ccc2c1. The minimum Gasteiger partial charge on any atom is -0.300 e. The van der Waals surface area contributed by atoms with Gasteiger partial charge in [-0.3, -0.25) is 15.0 Å². The van der Waals surface area contributed by atoms with E-state index in [0.717, 1.165) is 41.8 Å². The van der Waals surface area contributed by atoms with Crippen LogP contribution in [0.1, 0.15) is 19.4 Å². The van der Waals surface area contributed by atoms with Gasteiger partial charge in [0.1, 0.15) is 0 Å². The number of aromatic nitrogens is 1. The first-order valence-electron chi connectivity index (χ1n) is 8.47. The van der Waals surface area contributed by atoms with Gasteiger partial charge in [-0.05, 0) is 36.9 Å². The molecule has 0 atom stereocenters. The summed E-state index contributed by atoms with van der Waals surface area (Å²) in [6.45, 7) is 7.31. The quantitative estimate of drug-likeness (QED) is 0.486. The summed E-state index contributed by atoms with van der Waals surface area (Å²) < 4.78 is 0. The molecule has 128 valence electrons. The molecule has 1 aromatic heterocycles. The first-order valence-corrected chi connectivity index (χ1v) is 8.47. The van der Waals surface area contributed by atoms with Crippen LogP contribution in [0.4, 0.5) is 5.69 Å². The van der Waals surface area contributed by atoms with Crippen molar-refractivity contribution in [2.45, 2.75) is 20.4 Å². The van der Waals surface area contributed by atoms with Gasteiger partial charge in [0.2, 0.25) is 0 Å². The molecular formula is C20H21N3O2. The summed E-state index contributed by atoms with van der Waals surface area (Å²) >= 11 is 0. The third-order valence-corrected chi connectivity index (χ3v) is 4.41. The van der Waals surface area contributed by atoms with Crippen LogP contribution in [-0.2, 0) is 6.54 Å². The normalized spacial score (nSPS) is 11.2. The number of nitrogens with zero attached hydrogens (tertiary/aromatic N) is 3. The molecule has 0 aliphatic rings. The van der Waals surface area contributed by atoms with Crippen LogP contribution in [0, 0.1) is 10.1 Å². The highest BCUT2D eigenvalue weighted by Gasteiger charge is 2.09. The number of nitro groups is 1. The third kappa shape index (κ3) is 3.83. The monoisotopic (exact) mass is 335 g/mol. The zero-order chi connectivity index (χ0) is 17.8. The molecule has 0 N–H and O–H groups in total. The average molecular weight is 335 g/mol. The Morgan fingerprint density at radius 2 is 1.84 bits per heavy atom. The van der Waals surface area contributed by atoms with Crippen molar-refractivity contribution < 1.29 is 4.92 Å². The summed E-state index contributed by atoms with van der Waals surface area (Å²) in [6.07, 6.45) is 0. The van der Waals surface area contributed by atoms with E-state index in [-0.39, 0.29) is 10.6 Å². The van der Waals surface area contributed by atoms with Crippen molar-refractivity contribution in [3.8, 4) is 11.3 Å². The molecule has 3 aromatic rings. The van der Waals surface area contributed by atoms with Crippen LogP contribution in [0.3, 0.4) is 0 Å². The smallest absolute Gasteiger partial charge is 0.270 e. The van der Waals surface area contributed by atoms with Gasteiger partial charge in [-0.15, -0.1) is 0 Å². The van der Waals surface area contributed by atoms with E-state index in [1.54, 1.807) is 12.1 Å². The fourth-order valence-electron chi connectivity index (χ4n) is 2.92. The van der Waals surface area contributed by atoms with E-state index in [0.29, 0.717) is 0 Å². The fourth-order valence-corrected chi connectivity index (χ4v) is 2.92. The van der Waals surface area contributed by atoms with Crippen molar-refractivity contribution in [1.82, 2.24) is 9.88 Å². The molecule has 25 heavy (non-hydrogen) atoms. The number of hydrogen-bond donors (Lipinski definition) is 0. The molecule has 0 saturated carbocycles. The number of nitro benzene ring substituents is 1. The van der Waals surface area contributed by atoms with Crippen molar-refractivity contribution in [2.75, 3.05) is 13.1 Å². The molecule has 5 heteroatoms. The van der Waals surface area contributed by atoms with Gasteiger partial charge in [0, 0.05) is 29.6 Å². The molecule has 0 amide bonds. The molecular weight excluding hydrogens is 314 g/mol. The van der Waals surface area contributed by atoms with E-state index in [1.165, 1.54) is 11.6 Å². The van der Waals surface area contributed by atoms with E-state index < -0.39 is 0 Å². The summed E-state index contributed by atoms with van der Waals surface area (Å²) in [6, 6.07) is 16.8. The summed E-state index contributed by atoms with van der Waals surface area (Å²) in [5.74, 6) is 0. The Labute approximate surface area is 147 Å². The fraction of sp³-hybridized carbons (Fsp3) is 0.250. The number of hydrogen-bond acceptors (Lipinski definition) is 4. The van der Waals surface area contributed by atoms with Crippen LogP contribution < -0.4 is 0 Å². The molecule has 0 fully saturated rings. The van der Waals surface area contributed by atoms with Gasteiger partial charge >= 0.3 is 0 Å². The molecule has 0 radical (unpaired) electrons. The van der Waals surface area contributed by atoms with Crippen LogP contribution in [0.2, 0.25) is 0 Å². The largest absolute Gasteiger partial charge is 0.300 e. The number of pyridine rings is 1. The highest BCUT2D eigenvalue weighted by molar-refractivity contribution is 5.82. The first kappa shape index (κ1) is 17.0. The number of benzene rings is 2. The molecule has 1 heterocycles. The number of non-ortho nitro benzene ring substituents is 1. The van der Waals surface area contributed by atoms with Crippen LogP contribution in [0.25, 0.3) is 22.2 Å². The van der Waals surface area contributed by atoms with Gasteiger partial charge in [-0.1, -0.05) is 38.1 Å². The Kier molecular flexibility index (Phi) is 5.05. The van der Waals surface area contributed by atoms with Gasteiger partial charge < -0.3 is 0 Å². The van der Waals surface area contributed by atoms with Crippen LogP contribution in [0.5, 0.6) is 0 Å². The summed E-state index contributed by atoms with van der Waals surface area (Å²) in [7, 11) is 0. The molecule has 0 saturated heterocycles. The molecule has 0 spiro atoms. The molecule has 5 nitrogen and oxygen atoms in total. The Hall–Kier alpha value is -2.79. The van der Waals surface area contributed by atoms with Crippen LogP contribution in [0.15, 0.2) is 54.6 Å². The zero-order valence-electron chi connectivity index (χ0n) is 14.5. The van der Waals surface area contributed by atoms with Gasteiger partial charge in [0.05, 0.1) is 16.1 Å². The predicted octanol–water partition coefficient (Wildman–Crippen LogP) is 4.65. The van der Waals surface area contributed by atoms with E-state index in [1.807, 2.05) is 24.3 Å². The van der Waals surface area contributed by atoms with Crippen molar-refractivity contribution >= 4 is 16.6 Å². The van der Waals surface area contributed by atoms with Gasteiger partial charge in [-0.2, -0.15) is 0 Å². The Morgan fingerprint density at radius 1 is 1.04 bits per heavy atom. The highest BCUT2D eigenvalue weighted by Crippen LogP contribution is 2.25. The molecule has 0 aliphatic heterocycles. The van der Waals surface area contributed by atoms with Crippen LogP contribution in [-0.4, -0.2) is 27.9 Å². The van der Waals surface area contributed by atoms with E-state index in [4.69, 9.17) is 0 Å². The lowest BCUT2D eigenvalue weighted by atomic mass is 10.1. The van der Waals surface area contributed by atoms with E-state index in [2.05, 4.69) is 35.9 Å². The maximum atomic E-state index is 11.0. The van der Waals surface area contributed by atoms with E-state index in [9.17, 15) is 10.1 Å². The summed E-state index contributed by atoms with van der Waals surface area (Å²) in [5, 5.41) is 12.0. The van der Waals surface area contributed by atoms with Crippen molar-refractivity contribution in [2.24, 2.45) is 0 Å². The first-order chi connectivity index (χ1) is 12.1. The highest BCUT2D eigenvalue weighted by atomic mass is 16.6. The van der Waals surface area contributed by atoms with E-state index >= 15 is 0 Å². The molecule has 0 bridgehead atoms. The Balaban J connectivity index is 1.93. The number of fused-ring (bicyclic) bond motifs is 1. The lowest BCUT2D eigenvalue weighted by molar-refractivity contribution is -0.384. The molecule has 2 aromatic carbocycles. The average Bonchev–Trinajstić information content (AvgIpc) is 2.65. The topological polar surface area (TPSA) is 59.3 Å². The molecule has 0 aliphatic carbocycles. The van der Waals surface area contributed by atoms with Gasteiger partial charge in [0.25, 0.3) is 5.69 Å². The second-order valence-corrected chi connectivity index (χ2v) is 5.99. The van der Waals surface area contributed by atoms with Crippen molar-refractivity contribution in [3.63, 3.8) is 0 Å². The Morgan fingerprint density at radius 3 is 2.56 bits per heavy atom. The van der Waals surface area contributed by atoms with Crippen molar-refractivity contribution in [1.29, 1.82) is 0 Å². The maximum Gasteiger partial charge on any atom is 0.270 e.